The number of aromatic amines is 1. The molecule has 0 bridgehead atoms. The smallest absolute Gasteiger partial charge is 0.274 e. The first-order valence-electron chi connectivity index (χ1n) is 9.05. The molecule has 7 heteroatoms. The average Bonchev–Trinajstić information content (AvgIpc) is 3.12. The van der Waals surface area contributed by atoms with Gasteiger partial charge in [-0.15, -0.1) is 0 Å². The summed E-state index contributed by atoms with van der Waals surface area (Å²) in [6.45, 7) is 5.13. The van der Waals surface area contributed by atoms with Gasteiger partial charge in [0.05, 0.1) is 6.54 Å². The molecule has 0 aromatic carbocycles. The highest BCUT2D eigenvalue weighted by Gasteiger charge is 2.29. The summed E-state index contributed by atoms with van der Waals surface area (Å²) in [4.78, 5) is 30.7. The predicted molar refractivity (Wildman–Crippen MR) is 88.7 cm³/mol. The molecule has 0 spiro atoms. The molecule has 3 fully saturated rings. The summed E-state index contributed by atoms with van der Waals surface area (Å²) < 4.78 is 0. The van der Waals surface area contributed by atoms with Gasteiger partial charge in [0.2, 0.25) is 5.91 Å². The van der Waals surface area contributed by atoms with Crippen LogP contribution in [0.4, 0.5) is 0 Å². The molecular formula is C17H25N5O2. The fraction of sp³-hybridized carbons (Fsp3) is 0.706. The average molecular weight is 331 g/mol. The van der Waals surface area contributed by atoms with Crippen LogP contribution < -0.4 is 0 Å². The van der Waals surface area contributed by atoms with Crippen LogP contribution in [-0.4, -0.2) is 82.5 Å². The first kappa shape index (κ1) is 15.6. The van der Waals surface area contributed by atoms with Gasteiger partial charge in [0, 0.05) is 50.9 Å². The third-order valence-corrected chi connectivity index (χ3v) is 5.31. The van der Waals surface area contributed by atoms with Gasteiger partial charge in [-0.25, -0.2) is 0 Å². The van der Waals surface area contributed by atoms with Crippen LogP contribution in [0.15, 0.2) is 6.07 Å². The number of carbonyl (C=O) groups is 2. The van der Waals surface area contributed by atoms with Crippen LogP contribution in [-0.2, 0) is 4.79 Å². The van der Waals surface area contributed by atoms with Crippen molar-refractivity contribution in [2.24, 2.45) is 0 Å². The summed E-state index contributed by atoms with van der Waals surface area (Å²) in [5, 5.41) is 7.18. The van der Waals surface area contributed by atoms with Crippen molar-refractivity contribution in [2.75, 3.05) is 45.8 Å². The fourth-order valence-corrected chi connectivity index (χ4v) is 3.58. The number of piperazine rings is 1. The van der Waals surface area contributed by atoms with Crippen LogP contribution in [0.1, 0.15) is 47.8 Å². The van der Waals surface area contributed by atoms with E-state index in [-0.39, 0.29) is 11.8 Å². The van der Waals surface area contributed by atoms with Crippen molar-refractivity contribution in [3.8, 4) is 0 Å². The van der Waals surface area contributed by atoms with E-state index in [1.165, 1.54) is 12.8 Å². The van der Waals surface area contributed by atoms with E-state index in [1.807, 2.05) is 15.9 Å². The Morgan fingerprint density at radius 2 is 1.75 bits per heavy atom. The number of carbonyl (C=O) groups excluding carboxylic acids is 2. The minimum absolute atomic E-state index is 0.00340. The number of aromatic nitrogens is 2. The van der Waals surface area contributed by atoms with E-state index in [1.54, 1.807) is 0 Å². The van der Waals surface area contributed by atoms with Crippen molar-refractivity contribution < 1.29 is 9.59 Å². The molecule has 0 unspecified atom stereocenters. The Kier molecular flexibility index (Phi) is 4.26. The lowest BCUT2D eigenvalue weighted by Crippen LogP contribution is -2.51. The monoisotopic (exact) mass is 331 g/mol. The van der Waals surface area contributed by atoms with Gasteiger partial charge in [0.15, 0.2) is 0 Å². The zero-order valence-electron chi connectivity index (χ0n) is 14.0. The first-order valence-corrected chi connectivity index (χ1v) is 9.05. The van der Waals surface area contributed by atoms with E-state index >= 15 is 0 Å². The third kappa shape index (κ3) is 3.31. The molecule has 1 saturated carbocycles. The number of nitrogens with zero attached hydrogens (tertiary/aromatic N) is 4. The topological polar surface area (TPSA) is 72.5 Å². The summed E-state index contributed by atoms with van der Waals surface area (Å²) in [6, 6.07) is 1.91. The number of likely N-dealkylation sites (tertiary alicyclic amines) is 1. The molecule has 0 atom stereocenters. The maximum atomic E-state index is 12.5. The fourth-order valence-electron chi connectivity index (χ4n) is 3.58. The van der Waals surface area contributed by atoms with E-state index in [0.29, 0.717) is 31.2 Å². The molecule has 3 aliphatic rings. The lowest BCUT2D eigenvalue weighted by atomic mass is 10.2. The zero-order chi connectivity index (χ0) is 16.5. The Balaban J connectivity index is 1.27. The van der Waals surface area contributed by atoms with Crippen LogP contribution in [0, 0.1) is 0 Å². The van der Waals surface area contributed by atoms with Crippen molar-refractivity contribution >= 4 is 11.8 Å². The van der Waals surface area contributed by atoms with Gasteiger partial charge in [0.1, 0.15) is 5.69 Å². The molecule has 2 amide bonds. The second-order valence-electron chi connectivity index (χ2n) is 7.14. The van der Waals surface area contributed by atoms with Gasteiger partial charge in [-0.3, -0.25) is 19.6 Å². The highest BCUT2D eigenvalue weighted by atomic mass is 16.2. The summed E-state index contributed by atoms with van der Waals surface area (Å²) in [5.74, 6) is 0.810. The highest BCUT2D eigenvalue weighted by Crippen LogP contribution is 2.39. The van der Waals surface area contributed by atoms with E-state index < -0.39 is 0 Å². The van der Waals surface area contributed by atoms with Crippen LogP contribution in [0.3, 0.4) is 0 Å². The molecule has 2 saturated heterocycles. The maximum Gasteiger partial charge on any atom is 0.274 e. The Bertz CT molecular complexity index is 610. The second-order valence-corrected chi connectivity index (χ2v) is 7.14. The van der Waals surface area contributed by atoms with Gasteiger partial charge in [0.25, 0.3) is 5.91 Å². The van der Waals surface area contributed by atoms with Crippen molar-refractivity contribution in [2.45, 2.75) is 31.6 Å². The number of hydrogen-bond acceptors (Lipinski definition) is 4. The largest absolute Gasteiger partial charge is 0.342 e. The molecule has 3 heterocycles. The van der Waals surface area contributed by atoms with Gasteiger partial charge < -0.3 is 9.80 Å². The van der Waals surface area contributed by atoms with Crippen LogP contribution in [0.5, 0.6) is 0 Å². The van der Waals surface area contributed by atoms with Crippen molar-refractivity contribution in [1.29, 1.82) is 0 Å². The van der Waals surface area contributed by atoms with Gasteiger partial charge in [-0.05, 0) is 31.7 Å². The molecule has 7 nitrogen and oxygen atoms in total. The first-order chi connectivity index (χ1) is 11.7. The molecule has 1 aromatic rings. The maximum absolute atomic E-state index is 12.5. The second kappa shape index (κ2) is 6.55. The van der Waals surface area contributed by atoms with Crippen molar-refractivity contribution in [3.05, 3.63) is 17.5 Å². The third-order valence-electron chi connectivity index (χ3n) is 5.31. The van der Waals surface area contributed by atoms with Gasteiger partial charge in [-0.2, -0.15) is 5.10 Å². The minimum atomic E-state index is 0.00340. The Hall–Kier alpha value is -1.89. The Morgan fingerprint density at radius 3 is 2.42 bits per heavy atom. The Morgan fingerprint density at radius 1 is 1.04 bits per heavy atom. The lowest BCUT2D eigenvalue weighted by molar-refractivity contribution is -0.131. The molecule has 1 N–H and O–H groups in total. The van der Waals surface area contributed by atoms with Gasteiger partial charge in [-0.1, -0.05) is 0 Å². The van der Waals surface area contributed by atoms with E-state index in [9.17, 15) is 9.59 Å². The van der Waals surface area contributed by atoms with E-state index in [4.69, 9.17) is 0 Å². The SMILES string of the molecule is O=C(CN1CCN(C(=O)c2cc(C3CC3)[nH]n2)CC1)N1CCCC1. The highest BCUT2D eigenvalue weighted by molar-refractivity contribution is 5.92. The van der Waals surface area contributed by atoms with Crippen molar-refractivity contribution in [1.82, 2.24) is 24.9 Å². The molecule has 0 radical (unpaired) electrons. The minimum Gasteiger partial charge on any atom is -0.342 e. The molecular weight excluding hydrogens is 306 g/mol. The summed E-state index contributed by atoms with van der Waals surface area (Å²) in [5.41, 5.74) is 1.62. The molecule has 4 rings (SSSR count). The van der Waals surface area contributed by atoms with Crippen LogP contribution >= 0.6 is 0 Å². The molecule has 1 aromatic heterocycles. The van der Waals surface area contributed by atoms with E-state index in [0.717, 1.165) is 44.7 Å². The van der Waals surface area contributed by atoms with Crippen LogP contribution in [0.25, 0.3) is 0 Å². The molecule has 2 aliphatic heterocycles. The molecule has 1 aliphatic carbocycles. The normalized spacial score (nSPS) is 22.2. The summed E-state index contributed by atoms with van der Waals surface area (Å²) >= 11 is 0. The lowest BCUT2D eigenvalue weighted by Gasteiger charge is -2.34. The van der Waals surface area contributed by atoms with Crippen molar-refractivity contribution in [3.63, 3.8) is 0 Å². The number of rotatable bonds is 4. The van der Waals surface area contributed by atoms with E-state index in [2.05, 4.69) is 15.1 Å². The molecule has 24 heavy (non-hydrogen) atoms. The zero-order valence-corrected chi connectivity index (χ0v) is 14.0. The number of amides is 2. The number of nitrogens with one attached hydrogen (secondary N) is 1. The standard InChI is InChI=1S/C17H25N5O2/c23-16(21-5-1-2-6-21)12-20-7-9-22(10-8-20)17(24)15-11-14(18-19-15)13-3-4-13/h11,13H,1-10,12H2,(H,18,19). The van der Waals surface area contributed by atoms with Crippen LogP contribution in [0.2, 0.25) is 0 Å². The van der Waals surface area contributed by atoms with Gasteiger partial charge >= 0.3 is 0 Å². The summed E-state index contributed by atoms with van der Waals surface area (Å²) in [6.07, 6.45) is 4.64. The Labute approximate surface area is 142 Å². The summed E-state index contributed by atoms with van der Waals surface area (Å²) in [7, 11) is 0. The number of hydrogen-bond donors (Lipinski definition) is 1. The quantitative estimate of drug-likeness (QED) is 0.880. The number of H-pyrrole nitrogens is 1. The molecule has 130 valence electrons. The predicted octanol–water partition coefficient (Wildman–Crippen LogP) is 0.667.